The number of benzene rings is 4. The van der Waals surface area contributed by atoms with Gasteiger partial charge in [0.15, 0.2) is 0 Å². The van der Waals surface area contributed by atoms with Crippen molar-refractivity contribution in [2.45, 2.75) is 6.92 Å². The first kappa shape index (κ1) is 20.1. The lowest BCUT2D eigenvalue weighted by molar-refractivity contribution is 1.13. The van der Waals surface area contributed by atoms with Crippen LogP contribution in [-0.4, -0.2) is 9.38 Å². The van der Waals surface area contributed by atoms with Crippen LogP contribution in [-0.2, 0) is 0 Å². The summed E-state index contributed by atoms with van der Waals surface area (Å²) < 4.78 is 1.73. The Kier molecular flexibility index (Phi) is 4.81. The highest BCUT2D eigenvalue weighted by molar-refractivity contribution is 6.19. The first-order chi connectivity index (χ1) is 16.8. The maximum absolute atomic E-state index is 13.9. The summed E-state index contributed by atoms with van der Waals surface area (Å²) >= 11 is 0. The molecule has 0 unspecified atom stereocenters. The number of allylic oxidation sites excluding steroid dienone is 3. The van der Waals surface area contributed by atoms with E-state index in [-0.39, 0.29) is 5.56 Å². The van der Waals surface area contributed by atoms with E-state index in [0.717, 1.165) is 44.1 Å². The number of aromatic nitrogens is 2. The van der Waals surface area contributed by atoms with Crippen molar-refractivity contribution in [2.75, 3.05) is 0 Å². The van der Waals surface area contributed by atoms with Crippen molar-refractivity contribution in [1.82, 2.24) is 9.38 Å². The molecule has 162 valence electrons. The Labute approximate surface area is 197 Å². The molecule has 3 nitrogen and oxygen atoms in total. The standard InChI is InChI=1S/C31H22N2O/c1-2-3-6-15-24-20-32-30-26-17-16-25(22-13-9-5-10-14-22)27-18-23(21-11-7-4-8-12-21)19-28(29(26)27)31(34)33(24)30/h2-20H,1H3/b3-2-,15-6-. The molecule has 0 aliphatic heterocycles. The third-order valence-electron chi connectivity index (χ3n) is 6.34. The molecule has 0 saturated heterocycles. The molecule has 4 aromatic carbocycles. The average Bonchev–Trinajstić information content (AvgIpc) is 3.32. The highest BCUT2D eigenvalue weighted by atomic mass is 16.1. The zero-order chi connectivity index (χ0) is 23.1. The van der Waals surface area contributed by atoms with Gasteiger partial charge < -0.3 is 0 Å². The number of fused-ring (bicyclic) bond motifs is 2. The summed E-state index contributed by atoms with van der Waals surface area (Å²) in [6.45, 7) is 1.97. The first-order valence-corrected chi connectivity index (χ1v) is 11.4. The third-order valence-corrected chi connectivity index (χ3v) is 6.34. The van der Waals surface area contributed by atoms with Crippen LogP contribution in [0.3, 0.4) is 0 Å². The minimum Gasteiger partial charge on any atom is -0.268 e. The monoisotopic (exact) mass is 438 g/mol. The summed E-state index contributed by atoms with van der Waals surface area (Å²) in [6, 6.07) is 29.1. The van der Waals surface area contributed by atoms with Gasteiger partial charge in [-0.2, -0.15) is 0 Å². The van der Waals surface area contributed by atoms with Gasteiger partial charge in [0, 0.05) is 16.2 Å². The zero-order valence-electron chi connectivity index (χ0n) is 18.8. The largest absolute Gasteiger partial charge is 0.268 e. The fraction of sp³-hybridized carbons (Fsp3) is 0.0323. The average molecular weight is 439 g/mol. The molecule has 2 aromatic heterocycles. The molecule has 0 bridgehead atoms. The maximum atomic E-state index is 13.9. The molecule has 0 spiro atoms. The minimum absolute atomic E-state index is 0.0480. The molecule has 0 saturated carbocycles. The topological polar surface area (TPSA) is 34.4 Å². The molecule has 3 heteroatoms. The van der Waals surface area contributed by atoms with Gasteiger partial charge in [-0.1, -0.05) is 85.0 Å². The van der Waals surface area contributed by atoms with Crippen molar-refractivity contribution in [3.05, 3.63) is 125 Å². The molecule has 6 aromatic rings. The second kappa shape index (κ2) is 8.13. The highest BCUT2D eigenvalue weighted by Crippen LogP contribution is 2.38. The Morgan fingerprint density at radius 3 is 2.18 bits per heavy atom. The summed E-state index contributed by atoms with van der Waals surface area (Å²) in [5.74, 6) is 0. The molecular formula is C31H22N2O. The molecule has 34 heavy (non-hydrogen) atoms. The quantitative estimate of drug-likeness (QED) is 0.269. The van der Waals surface area contributed by atoms with Crippen LogP contribution in [0.15, 0.2) is 114 Å². The molecule has 0 N–H and O–H groups in total. The van der Waals surface area contributed by atoms with Gasteiger partial charge in [0.1, 0.15) is 5.65 Å². The van der Waals surface area contributed by atoms with E-state index < -0.39 is 0 Å². The summed E-state index contributed by atoms with van der Waals surface area (Å²) in [6.07, 6.45) is 9.53. The van der Waals surface area contributed by atoms with Crippen molar-refractivity contribution in [3.63, 3.8) is 0 Å². The Hall–Kier alpha value is -4.50. The van der Waals surface area contributed by atoms with Crippen LogP contribution in [0.2, 0.25) is 0 Å². The third kappa shape index (κ3) is 3.13. The number of imidazole rings is 1. The predicted octanol–water partition coefficient (Wildman–Crippen LogP) is 7.36. The summed E-state index contributed by atoms with van der Waals surface area (Å²) in [4.78, 5) is 18.6. The molecule has 0 aliphatic rings. The van der Waals surface area contributed by atoms with Crippen LogP contribution in [0.5, 0.6) is 0 Å². The van der Waals surface area contributed by atoms with Crippen molar-refractivity contribution in [3.8, 4) is 22.3 Å². The molecule has 0 amide bonds. The van der Waals surface area contributed by atoms with Crippen molar-refractivity contribution in [2.24, 2.45) is 0 Å². The van der Waals surface area contributed by atoms with Gasteiger partial charge in [0.2, 0.25) is 0 Å². The highest BCUT2D eigenvalue weighted by Gasteiger charge is 2.18. The molecule has 0 atom stereocenters. The van der Waals surface area contributed by atoms with Crippen LogP contribution in [0, 0.1) is 0 Å². The normalized spacial score (nSPS) is 12.1. The second-order valence-corrected chi connectivity index (χ2v) is 8.37. The molecule has 6 rings (SSSR count). The molecule has 0 radical (unpaired) electrons. The van der Waals surface area contributed by atoms with Crippen LogP contribution in [0.25, 0.3) is 55.5 Å². The van der Waals surface area contributed by atoms with Gasteiger partial charge in [-0.3, -0.25) is 9.20 Å². The van der Waals surface area contributed by atoms with E-state index in [2.05, 4.69) is 47.4 Å². The Balaban J connectivity index is 1.77. The Morgan fingerprint density at radius 1 is 0.735 bits per heavy atom. The summed E-state index contributed by atoms with van der Waals surface area (Å²) in [7, 11) is 0. The van der Waals surface area contributed by atoms with E-state index in [1.54, 1.807) is 10.6 Å². The smallest absolute Gasteiger partial charge is 0.264 e. The number of nitrogens with zero attached hydrogens (tertiary/aromatic N) is 2. The van der Waals surface area contributed by atoms with Gasteiger partial charge in [0.05, 0.1) is 11.9 Å². The zero-order valence-corrected chi connectivity index (χ0v) is 18.8. The van der Waals surface area contributed by atoms with Gasteiger partial charge in [0.25, 0.3) is 5.56 Å². The SMILES string of the molecule is C/C=C\C=C/c1cnc2c3ccc(-c4ccccc4)c4cc(-c5ccccc5)cc(c(=O)n12)c43. The molecule has 2 heterocycles. The van der Waals surface area contributed by atoms with E-state index in [1.807, 2.05) is 73.7 Å². The molecular weight excluding hydrogens is 416 g/mol. The van der Waals surface area contributed by atoms with Gasteiger partial charge >= 0.3 is 0 Å². The van der Waals surface area contributed by atoms with Crippen LogP contribution in [0.4, 0.5) is 0 Å². The lowest BCUT2D eigenvalue weighted by atomic mass is 9.91. The second-order valence-electron chi connectivity index (χ2n) is 8.37. The van der Waals surface area contributed by atoms with Crippen molar-refractivity contribution in [1.29, 1.82) is 0 Å². The van der Waals surface area contributed by atoms with E-state index >= 15 is 0 Å². The fourth-order valence-corrected chi connectivity index (χ4v) is 4.78. The van der Waals surface area contributed by atoms with Gasteiger partial charge in [-0.15, -0.1) is 0 Å². The fourth-order valence-electron chi connectivity index (χ4n) is 4.78. The van der Waals surface area contributed by atoms with E-state index in [9.17, 15) is 4.79 Å². The predicted molar refractivity (Wildman–Crippen MR) is 142 cm³/mol. The van der Waals surface area contributed by atoms with Crippen LogP contribution >= 0.6 is 0 Å². The Morgan fingerprint density at radius 2 is 1.44 bits per heavy atom. The Bertz CT molecular complexity index is 1760. The van der Waals surface area contributed by atoms with E-state index in [1.165, 1.54) is 0 Å². The molecule has 0 aliphatic carbocycles. The van der Waals surface area contributed by atoms with Gasteiger partial charge in [-0.05, 0) is 58.8 Å². The van der Waals surface area contributed by atoms with E-state index in [0.29, 0.717) is 11.0 Å². The lowest BCUT2D eigenvalue weighted by Gasteiger charge is -2.14. The van der Waals surface area contributed by atoms with Crippen molar-refractivity contribution < 1.29 is 0 Å². The summed E-state index contributed by atoms with van der Waals surface area (Å²) in [5.41, 5.74) is 5.76. The number of hydrogen-bond donors (Lipinski definition) is 0. The first-order valence-electron chi connectivity index (χ1n) is 11.4. The number of hydrogen-bond acceptors (Lipinski definition) is 2. The number of rotatable bonds is 4. The van der Waals surface area contributed by atoms with Crippen molar-refractivity contribution >= 4 is 33.3 Å². The van der Waals surface area contributed by atoms with E-state index in [4.69, 9.17) is 0 Å². The summed E-state index contributed by atoms with van der Waals surface area (Å²) in [5, 5.41) is 3.71. The number of pyridine rings is 1. The molecule has 0 fully saturated rings. The maximum Gasteiger partial charge on any atom is 0.264 e. The van der Waals surface area contributed by atoms with Crippen LogP contribution < -0.4 is 5.56 Å². The van der Waals surface area contributed by atoms with Gasteiger partial charge in [-0.25, -0.2) is 4.98 Å². The lowest BCUT2D eigenvalue weighted by Crippen LogP contribution is -2.15. The van der Waals surface area contributed by atoms with Crippen LogP contribution in [0.1, 0.15) is 12.6 Å². The minimum atomic E-state index is -0.0480.